The number of allylic oxidation sites excluding steroid dienone is 1. The molecular formula is C29H32FN3O4. The van der Waals surface area contributed by atoms with Crippen LogP contribution in [0.15, 0.2) is 54.2 Å². The Kier molecular flexibility index (Phi) is 6.77. The van der Waals surface area contributed by atoms with Crippen molar-refractivity contribution in [3.8, 4) is 17.2 Å². The van der Waals surface area contributed by atoms with Crippen molar-refractivity contribution in [2.24, 2.45) is 11.3 Å². The van der Waals surface area contributed by atoms with Gasteiger partial charge in [-0.15, -0.1) is 0 Å². The third-order valence-corrected chi connectivity index (χ3v) is 7.80. The van der Waals surface area contributed by atoms with Gasteiger partial charge in [0.15, 0.2) is 0 Å². The van der Waals surface area contributed by atoms with Crippen LogP contribution in [0.1, 0.15) is 36.6 Å². The minimum Gasteiger partial charge on any atom is -0.497 e. The molecule has 0 bridgehead atoms. The number of aliphatic hydroxyl groups excluding tert-OH is 1. The highest BCUT2D eigenvalue weighted by atomic mass is 19.1. The zero-order valence-electron chi connectivity index (χ0n) is 21.4. The van der Waals surface area contributed by atoms with Crippen molar-refractivity contribution in [2.75, 3.05) is 27.4 Å². The Hall–Kier alpha value is -3.65. The van der Waals surface area contributed by atoms with E-state index in [1.54, 1.807) is 37.3 Å². The predicted molar refractivity (Wildman–Crippen MR) is 138 cm³/mol. The van der Waals surface area contributed by atoms with E-state index in [1.165, 1.54) is 17.7 Å². The van der Waals surface area contributed by atoms with Crippen LogP contribution in [0.2, 0.25) is 0 Å². The maximum atomic E-state index is 13.9. The van der Waals surface area contributed by atoms with Crippen LogP contribution in [0.3, 0.4) is 0 Å². The van der Waals surface area contributed by atoms with E-state index < -0.39 is 0 Å². The van der Waals surface area contributed by atoms with E-state index in [9.17, 15) is 14.3 Å². The van der Waals surface area contributed by atoms with Crippen LogP contribution in [0, 0.1) is 17.2 Å². The molecule has 0 unspecified atom stereocenters. The monoisotopic (exact) mass is 505 g/mol. The first kappa shape index (κ1) is 25.0. The van der Waals surface area contributed by atoms with Crippen molar-refractivity contribution in [1.82, 2.24) is 14.7 Å². The van der Waals surface area contributed by atoms with Crippen molar-refractivity contribution >= 4 is 12.0 Å². The maximum Gasteiger partial charge on any atom is 0.226 e. The summed E-state index contributed by atoms with van der Waals surface area (Å²) in [6.45, 7) is 2.65. The number of aliphatic hydroxyl groups is 1. The summed E-state index contributed by atoms with van der Waals surface area (Å²) in [5.74, 6) is 0.854. The molecule has 194 valence electrons. The van der Waals surface area contributed by atoms with E-state index in [-0.39, 0.29) is 36.2 Å². The molecule has 2 atom stereocenters. The van der Waals surface area contributed by atoms with E-state index in [1.807, 2.05) is 23.0 Å². The normalized spacial score (nSPS) is 20.1. The Bertz CT molecular complexity index is 1310. The maximum absolute atomic E-state index is 13.9. The molecule has 1 saturated carbocycles. The molecule has 1 fully saturated rings. The van der Waals surface area contributed by atoms with Crippen LogP contribution in [-0.2, 0) is 17.8 Å². The topological polar surface area (TPSA) is 76.8 Å². The first-order valence-corrected chi connectivity index (χ1v) is 12.5. The third-order valence-electron chi connectivity index (χ3n) is 7.80. The molecule has 1 aromatic heterocycles. The molecule has 3 aromatic rings. The number of rotatable bonds is 8. The smallest absolute Gasteiger partial charge is 0.226 e. The number of hydrogen-bond acceptors (Lipinski definition) is 5. The molecule has 0 radical (unpaired) electrons. The van der Waals surface area contributed by atoms with Gasteiger partial charge in [0.2, 0.25) is 5.91 Å². The summed E-state index contributed by atoms with van der Waals surface area (Å²) in [4.78, 5) is 15.7. The number of hydrogen-bond donors (Lipinski definition) is 1. The second kappa shape index (κ2) is 10.0. The summed E-state index contributed by atoms with van der Waals surface area (Å²) in [5, 5.41) is 14.4. The third kappa shape index (κ3) is 4.62. The molecule has 2 aliphatic carbocycles. The molecule has 1 amide bonds. The zero-order chi connectivity index (χ0) is 26.2. The number of amides is 1. The van der Waals surface area contributed by atoms with Gasteiger partial charge in [0.25, 0.3) is 0 Å². The summed E-state index contributed by atoms with van der Waals surface area (Å²) < 4.78 is 26.1. The second-order valence-corrected chi connectivity index (χ2v) is 10.0. The predicted octanol–water partition coefficient (Wildman–Crippen LogP) is 4.41. The molecule has 0 spiro atoms. The fraction of sp³-hybridized carbons (Fsp3) is 0.379. The molecular weight excluding hydrogens is 473 g/mol. The van der Waals surface area contributed by atoms with Crippen molar-refractivity contribution in [3.63, 3.8) is 0 Å². The first-order chi connectivity index (χ1) is 17.9. The number of methoxy groups -OCH3 is 2. The van der Waals surface area contributed by atoms with Gasteiger partial charge in [0.05, 0.1) is 38.4 Å². The lowest BCUT2D eigenvalue weighted by molar-refractivity contribution is -0.139. The average molecular weight is 506 g/mol. The number of carbonyl (C=O) groups excluding carboxylic acids is 1. The number of aromatic nitrogens is 2. The van der Waals surface area contributed by atoms with Crippen molar-refractivity contribution in [3.05, 3.63) is 76.9 Å². The molecule has 5 rings (SSSR count). The standard InChI is InChI=1S/C29H32FN3O4/c1-29-16-20-17-31-33(23-7-5-22(30)6-8-23)27(20)14-21(29)4-9-26(29)28(35)32(10-11-34)18-19-12-24(36-2)15-25(13-19)37-3/h5-8,12-15,17,26,34H,4,9-11,16,18H2,1-3H3/t26-,29+/m1/s1. The zero-order valence-corrected chi connectivity index (χ0v) is 21.4. The fourth-order valence-corrected chi connectivity index (χ4v) is 5.81. The summed E-state index contributed by atoms with van der Waals surface area (Å²) >= 11 is 0. The highest BCUT2D eigenvalue weighted by Crippen LogP contribution is 2.53. The van der Waals surface area contributed by atoms with E-state index in [2.05, 4.69) is 18.1 Å². The van der Waals surface area contributed by atoms with Gasteiger partial charge in [0, 0.05) is 30.5 Å². The number of fused-ring (bicyclic) bond motifs is 2. The van der Waals surface area contributed by atoms with E-state index in [0.717, 1.165) is 35.3 Å². The van der Waals surface area contributed by atoms with Gasteiger partial charge in [-0.3, -0.25) is 4.79 Å². The van der Waals surface area contributed by atoms with E-state index >= 15 is 0 Å². The van der Waals surface area contributed by atoms with E-state index in [0.29, 0.717) is 24.5 Å². The Morgan fingerprint density at radius 1 is 1.19 bits per heavy atom. The highest BCUT2D eigenvalue weighted by molar-refractivity contribution is 5.82. The molecule has 1 heterocycles. The van der Waals surface area contributed by atoms with Crippen LogP contribution in [-0.4, -0.2) is 53.1 Å². The van der Waals surface area contributed by atoms with Gasteiger partial charge in [-0.2, -0.15) is 5.10 Å². The highest BCUT2D eigenvalue weighted by Gasteiger charge is 2.49. The van der Waals surface area contributed by atoms with Crippen LogP contribution in [0.25, 0.3) is 11.8 Å². The van der Waals surface area contributed by atoms with Crippen molar-refractivity contribution in [2.45, 2.75) is 32.7 Å². The number of carbonyl (C=O) groups is 1. The Balaban J connectivity index is 1.41. The fourth-order valence-electron chi connectivity index (χ4n) is 5.81. The van der Waals surface area contributed by atoms with Crippen LogP contribution < -0.4 is 9.47 Å². The van der Waals surface area contributed by atoms with E-state index in [4.69, 9.17) is 9.47 Å². The number of benzene rings is 2. The number of halogens is 1. The van der Waals surface area contributed by atoms with Crippen molar-refractivity contribution in [1.29, 1.82) is 0 Å². The molecule has 0 aliphatic heterocycles. The Morgan fingerprint density at radius 2 is 1.89 bits per heavy atom. The SMILES string of the molecule is COc1cc(CN(CCO)C(=O)[C@H]2CCC3=Cc4c(cnn4-c4ccc(F)cc4)C[C@@]32C)cc(OC)c1. The first-order valence-electron chi connectivity index (χ1n) is 12.5. The quantitative estimate of drug-likeness (QED) is 0.491. The van der Waals surface area contributed by atoms with Gasteiger partial charge in [0.1, 0.15) is 17.3 Å². The summed E-state index contributed by atoms with van der Waals surface area (Å²) in [6.07, 6.45) is 6.28. The van der Waals surface area contributed by atoms with Gasteiger partial charge in [-0.25, -0.2) is 9.07 Å². The average Bonchev–Trinajstić information content (AvgIpc) is 3.46. The summed E-state index contributed by atoms with van der Waals surface area (Å²) in [6, 6.07) is 11.9. The molecule has 37 heavy (non-hydrogen) atoms. The summed E-state index contributed by atoms with van der Waals surface area (Å²) in [5.41, 5.74) is 4.64. The Morgan fingerprint density at radius 3 is 2.54 bits per heavy atom. The molecule has 8 heteroatoms. The van der Waals surface area contributed by atoms with Crippen LogP contribution in [0.4, 0.5) is 4.39 Å². The minimum absolute atomic E-state index is 0.0381. The second-order valence-electron chi connectivity index (χ2n) is 10.0. The largest absolute Gasteiger partial charge is 0.497 e. The van der Waals surface area contributed by atoms with Crippen LogP contribution in [0.5, 0.6) is 11.5 Å². The van der Waals surface area contributed by atoms with Gasteiger partial charge < -0.3 is 19.5 Å². The number of ether oxygens (including phenoxy) is 2. The lowest BCUT2D eigenvalue weighted by atomic mass is 9.69. The van der Waals surface area contributed by atoms with Crippen molar-refractivity contribution < 1.29 is 23.8 Å². The summed E-state index contributed by atoms with van der Waals surface area (Å²) in [7, 11) is 3.19. The van der Waals surface area contributed by atoms with Crippen LogP contribution >= 0.6 is 0 Å². The lowest BCUT2D eigenvalue weighted by Crippen LogP contribution is -2.43. The lowest BCUT2D eigenvalue weighted by Gasteiger charge is -2.37. The molecule has 7 nitrogen and oxygen atoms in total. The van der Waals surface area contributed by atoms with Gasteiger partial charge in [-0.1, -0.05) is 12.5 Å². The molecule has 2 aliphatic rings. The molecule has 1 N–H and O–H groups in total. The minimum atomic E-state index is -0.333. The molecule has 0 saturated heterocycles. The Labute approximate surface area is 216 Å². The van der Waals surface area contributed by atoms with Gasteiger partial charge >= 0.3 is 0 Å². The molecule has 2 aromatic carbocycles. The number of nitrogens with zero attached hydrogens (tertiary/aromatic N) is 3. The van der Waals surface area contributed by atoms with Gasteiger partial charge in [-0.05, 0) is 72.9 Å².